The van der Waals surface area contributed by atoms with Gasteiger partial charge in [-0.1, -0.05) is 44.2 Å². The summed E-state index contributed by atoms with van der Waals surface area (Å²) >= 11 is 5.26. The lowest BCUT2D eigenvalue weighted by molar-refractivity contribution is 0.0905. The SMILES string of the molecule is CCOCc1c(C(=O)NNC(=S)Nc2ccc(C(C)C)cc2)oc2ccccc12. The number of nitrogens with one attached hydrogen (secondary N) is 3. The van der Waals surface area contributed by atoms with E-state index in [2.05, 4.69) is 30.0 Å². The zero-order valence-electron chi connectivity index (χ0n) is 16.7. The molecule has 0 atom stereocenters. The van der Waals surface area contributed by atoms with Gasteiger partial charge in [-0.3, -0.25) is 15.6 Å². The van der Waals surface area contributed by atoms with Crippen molar-refractivity contribution < 1.29 is 13.9 Å². The Hall–Kier alpha value is -2.90. The number of fused-ring (bicyclic) bond motifs is 1. The number of furan rings is 1. The van der Waals surface area contributed by atoms with Gasteiger partial charge in [0.15, 0.2) is 10.9 Å². The lowest BCUT2D eigenvalue weighted by Crippen LogP contribution is -2.43. The number of amides is 1. The first kappa shape index (κ1) is 20.8. The van der Waals surface area contributed by atoms with Crippen LogP contribution in [-0.2, 0) is 11.3 Å². The van der Waals surface area contributed by atoms with E-state index in [1.165, 1.54) is 5.56 Å². The second kappa shape index (κ2) is 9.54. The van der Waals surface area contributed by atoms with Crippen molar-refractivity contribution in [2.75, 3.05) is 11.9 Å². The number of hydrazine groups is 1. The van der Waals surface area contributed by atoms with Crippen molar-refractivity contribution in [2.45, 2.75) is 33.3 Å². The van der Waals surface area contributed by atoms with E-state index in [4.69, 9.17) is 21.4 Å². The van der Waals surface area contributed by atoms with Crippen molar-refractivity contribution >= 4 is 39.9 Å². The molecule has 1 amide bonds. The van der Waals surface area contributed by atoms with Crippen LogP contribution in [0, 0.1) is 0 Å². The standard InChI is InChI=1S/C22H25N3O3S/c1-4-27-13-18-17-7-5-6-8-19(17)28-20(18)21(26)24-25-22(29)23-16-11-9-15(10-12-16)14(2)3/h5-12,14H,4,13H2,1-3H3,(H,24,26)(H2,23,25,29). The van der Waals surface area contributed by atoms with Gasteiger partial charge in [-0.15, -0.1) is 0 Å². The molecule has 0 unspecified atom stereocenters. The Bertz CT molecular complexity index is 996. The number of hydrogen-bond donors (Lipinski definition) is 3. The summed E-state index contributed by atoms with van der Waals surface area (Å²) < 4.78 is 11.3. The average Bonchev–Trinajstić information content (AvgIpc) is 3.09. The van der Waals surface area contributed by atoms with Crippen LogP contribution < -0.4 is 16.2 Å². The van der Waals surface area contributed by atoms with Crippen molar-refractivity contribution in [1.29, 1.82) is 0 Å². The van der Waals surface area contributed by atoms with Gasteiger partial charge in [0.25, 0.3) is 0 Å². The number of rotatable bonds is 6. The highest BCUT2D eigenvalue weighted by molar-refractivity contribution is 7.80. The van der Waals surface area contributed by atoms with Gasteiger partial charge in [-0.05, 0) is 48.8 Å². The lowest BCUT2D eigenvalue weighted by Gasteiger charge is -2.12. The third kappa shape index (κ3) is 5.13. The molecule has 2 aromatic carbocycles. The minimum atomic E-state index is -0.421. The number of carbonyl (C=O) groups is 1. The lowest BCUT2D eigenvalue weighted by atomic mass is 10.0. The predicted octanol–water partition coefficient (Wildman–Crippen LogP) is 4.72. The second-order valence-corrected chi connectivity index (χ2v) is 7.26. The summed E-state index contributed by atoms with van der Waals surface area (Å²) in [6.45, 7) is 7.02. The van der Waals surface area contributed by atoms with E-state index in [0.717, 1.165) is 11.1 Å². The molecule has 0 saturated heterocycles. The second-order valence-electron chi connectivity index (χ2n) is 6.85. The zero-order valence-corrected chi connectivity index (χ0v) is 17.6. The number of hydrogen-bond acceptors (Lipinski definition) is 4. The molecule has 0 aliphatic rings. The monoisotopic (exact) mass is 411 g/mol. The molecule has 152 valence electrons. The van der Waals surface area contributed by atoms with Crippen molar-refractivity contribution in [3.8, 4) is 0 Å². The highest BCUT2D eigenvalue weighted by Gasteiger charge is 2.20. The quantitative estimate of drug-likeness (QED) is 0.402. The number of anilines is 1. The van der Waals surface area contributed by atoms with Gasteiger partial charge in [0.05, 0.1) is 6.61 Å². The van der Waals surface area contributed by atoms with E-state index in [9.17, 15) is 4.79 Å². The Morgan fingerprint density at radius 2 is 1.83 bits per heavy atom. The first-order valence-corrected chi connectivity index (χ1v) is 9.95. The molecule has 29 heavy (non-hydrogen) atoms. The maximum absolute atomic E-state index is 12.7. The van der Waals surface area contributed by atoms with Crippen LogP contribution in [0.5, 0.6) is 0 Å². The molecule has 1 aromatic heterocycles. The molecule has 0 aliphatic heterocycles. The molecule has 3 aromatic rings. The summed E-state index contributed by atoms with van der Waals surface area (Å²) in [5.41, 5.74) is 8.73. The smallest absolute Gasteiger partial charge is 0.305 e. The Labute approximate surface area is 175 Å². The Kier molecular flexibility index (Phi) is 6.85. The largest absolute Gasteiger partial charge is 0.450 e. The number of para-hydroxylation sites is 1. The minimum absolute atomic E-state index is 0.205. The molecule has 0 radical (unpaired) electrons. The molecule has 1 heterocycles. The first-order chi connectivity index (χ1) is 14.0. The van der Waals surface area contributed by atoms with Gasteiger partial charge in [0.1, 0.15) is 5.58 Å². The Balaban J connectivity index is 1.65. The topological polar surface area (TPSA) is 75.5 Å². The van der Waals surface area contributed by atoms with E-state index in [0.29, 0.717) is 30.3 Å². The highest BCUT2D eigenvalue weighted by atomic mass is 32.1. The number of carbonyl (C=O) groups excluding carboxylic acids is 1. The van der Waals surface area contributed by atoms with Crippen LogP contribution in [0.1, 0.15) is 48.4 Å². The van der Waals surface area contributed by atoms with Crippen molar-refractivity contribution in [3.63, 3.8) is 0 Å². The van der Waals surface area contributed by atoms with Crippen LogP contribution in [0.2, 0.25) is 0 Å². The van der Waals surface area contributed by atoms with Gasteiger partial charge in [-0.25, -0.2) is 0 Å². The molecular weight excluding hydrogens is 386 g/mol. The van der Waals surface area contributed by atoms with E-state index in [1.54, 1.807) is 0 Å². The van der Waals surface area contributed by atoms with Crippen LogP contribution in [0.25, 0.3) is 11.0 Å². The fourth-order valence-electron chi connectivity index (χ4n) is 2.91. The maximum atomic E-state index is 12.7. The molecular formula is C22H25N3O3S. The summed E-state index contributed by atoms with van der Waals surface area (Å²) in [7, 11) is 0. The van der Waals surface area contributed by atoms with Gasteiger partial charge in [0.2, 0.25) is 0 Å². The van der Waals surface area contributed by atoms with E-state index < -0.39 is 5.91 Å². The summed E-state index contributed by atoms with van der Waals surface area (Å²) in [6, 6.07) is 15.5. The molecule has 3 rings (SSSR count). The minimum Gasteiger partial charge on any atom is -0.450 e. The third-order valence-corrected chi connectivity index (χ3v) is 4.68. The Morgan fingerprint density at radius 1 is 1.10 bits per heavy atom. The number of benzene rings is 2. The van der Waals surface area contributed by atoms with E-state index in [1.807, 2.05) is 55.5 Å². The molecule has 7 heteroatoms. The number of ether oxygens (including phenoxy) is 1. The van der Waals surface area contributed by atoms with E-state index >= 15 is 0 Å². The van der Waals surface area contributed by atoms with Crippen molar-refractivity contribution in [2.24, 2.45) is 0 Å². The normalized spacial score (nSPS) is 10.9. The fourth-order valence-corrected chi connectivity index (χ4v) is 3.08. The molecule has 6 nitrogen and oxygen atoms in total. The van der Waals surface area contributed by atoms with Crippen molar-refractivity contribution in [1.82, 2.24) is 10.9 Å². The first-order valence-electron chi connectivity index (χ1n) is 9.55. The van der Waals surface area contributed by atoms with Crippen LogP contribution in [0.3, 0.4) is 0 Å². The molecule has 0 bridgehead atoms. The van der Waals surface area contributed by atoms with Crippen LogP contribution in [0.4, 0.5) is 5.69 Å². The summed E-state index contributed by atoms with van der Waals surface area (Å²) in [5.74, 6) is 0.245. The fraction of sp³-hybridized carbons (Fsp3) is 0.273. The van der Waals surface area contributed by atoms with Gasteiger partial charge in [-0.2, -0.15) is 0 Å². The van der Waals surface area contributed by atoms with Crippen LogP contribution in [0.15, 0.2) is 52.9 Å². The Morgan fingerprint density at radius 3 is 2.52 bits per heavy atom. The summed E-state index contributed by atoms with van der Waals surface area (Å²) in [6.07, 6.45) is 0. The molecule has 3 N–H and O–H groups in total. The maximum Gasteiger partial charge on any atom is 0.305 e. The van der Waals surface area contributed by atoms with Gasteiger partial charge in [0, 0.05) is 23.2 Å². The number of thiocarbonyl (C=S) groups is 1. The summed E-state index contributed by atoms with van der Waals surface area (Å²) in [4.78, 5) is 12.7. The summed E-state index contributed by atoms with van der Waals surface area (Å²) in [5, 5.41) is 4.18. The highest BCUT2D eigenvalue weighted by Crippen LogP contribution is 2.26. The predicted molar refractivity (Wildman–Crippen MR) is 119 cm³/mol. The molecule has 0 aliphatic carbocycles. The molecule has 0 fully saturated rings. The van der Waals surface area contributed by atoms with Crippen LogP contribution >= 0.6 is 12.2 Å². The van der Waals surface area contributed by atoms with Crippen molar-refractivity contribution in [3.05, 3.63) is 65.4 Å². The van der Waals surface area contributed by atoms with Gasteiger partial charge < -0.3 is 14.5 Å². The zero-order chi connectivity index (χ0) is 20.8. The molecule has 0 saturated carbocycles. The van der Waals surface area contributed by atoms with E-state index in [-0.39, 0.29) is 10.9 Å². The van der Waals surface area contributed by atoms with Crippen LogP contribution in [-0.4, -0.2) is 17.6 Å². The third-order valence-electron chi connectivity index (χ3n) is 4.48. The van der Waals surface area contributed by atoms with Gasteiger partial charge >= 0.3 is 5.91 Å². The molecule has 0 spiro atoms. The average molecular weight is 412 g/mol.